The van der Waals surface area contributed by atoms with Gasteiger partial charge in [-0.1, -0.05) is 11.6 Å². The maximum atomic E-state index is 13.5. The molecule has 182 valence electrons. The van der Waals surface area contributed by atoms with Crippen molar-refractivity contribution in [3.63, 3.8) is 0 Å². The number of carbonyl (C=O) groups is 2. The van der Waals surface area contributed by atoms with E-state index in [1.54, 1.807) is 0 Å². The molecule has 0 saturated heterocycles. The number of sulfone groups is 1. The highest BCUT2D eigenvalue weighted by atomic mass is 35.5. The number of anilines is 1. The second-order valence-electron chi connectivity index (χ2n) is 8.71. The standard InChI is InChI=1S/C22H19ClF3NO6S/c23-14-4-3-10(20(28)27-13-6-15(24)18(26)16(25)7-13)5-17(14)34(32,33)19-11-1-2-12(19)9-22(31,8-11)21(29)30/h3-7,11-12,19,31H,1-2,8-9H2,(H,27,28)(H,29,30)/t11-,12?,19+,22+/m0/s1. The summed E-state index contributed by atoms with van der Waals surface area (Å²) in [5.41, 5.74) is -2.55. The van der Waals surface area contributed by atoms with Gasteiger partial charge in [0.2, 0.25) is 0 Å². The van der Waals surface area contributed by atoms with Crippen LogP contribution in [0.25, 0.3) is 0 Å². The molecule has 2 aliphatic carbocycles. The number of rotatable bonds is 5. The van der Waals surface area contributed by atoms with Crippen molar-refractivity contribution in [3.05, 3.63) is 58.4 Å². The van der Waals surface area contributed by atoms with Crippen LogP contribution in [-0.4, -0.2) is 41.4 Å². The Bertz CT molecular complexity index is 1260. The van der Waals surface area contributed by atoms with Crippen molar-refractivity contribution >= 4 is 39.0 Å². The Labute approximate surface area is 197 Å². The van der Waals surface area contributed by atoms with Crippen molar-refractivity contribution in [1.29, 1.82) is 0 Å². The van der Waals surface area contributed by atoms with Gasteiger partial charge in [0.25, 0.3) is 5.91 Å². The zero-order valence-electron chi connectivity index (χ0n) is 17.4. The van der Waals surface area contributed by atoms with E-state index in [0.717, 1.165) is 6.07 Å². The van der Waals surface area contributed by atoms with Gasteiger partial charge in [0.05, 0.1) is 15.2 Å². The lowest BCUT2D eigenvalue weighted by Gasteiger charge is -2.38. The fourth-order valence-electron chi connectivity index (χ4n) is 5.05. The summed E-state index contributed by atoms with van der Waals surface area (Å²) < 4.78 is 67.1. The van der Waals surface area contributed by atoms with Crippen LogP contribution >= 0.6 is 11.6 Å². The molecule has 12 heteroatoms. The number of fused-ring (bicyclic) bond motifs is 2. The van der Waals surface area contributed by atoms with Gasteiger partial charge in [-0.05, 0) is 55.7 Å². The molecule has 4 rings (SSSR count). The van der Waals surface area contributed by atoms with E-state index in [1.807, 2.05) is 0 Å². The van der Waals surface area contributed by atoms with E-state index in [1.165, 1.54) is 12.1 Å². The second-order valence-corrected chi connectivity index (χ2v) is 11.2. The molecule has 7 nitrogen and oxygen atoms in total. The number of hydrogen-bond acceptors (Lipinski definition) is 5. The lowest BCUT2D eigenvalue weighted by molar-refractivity contribution is -0.164. The first-order chi connectivity index (χ1) is 15.8. The van der Waals surface area contributed by atoms with Gasteiger partial charge in [0.15, 0.2) is 32.9 Å². The molecule has 0 spiro atoms. The van der Waals surface area contributed by atoms with Crippen molar-refractivity contribution in [2.45, 2.75) is 41.4 Å². The van der Waals surface area contributed by atoms with E-state index in [2.05, 4.69) is 5.32 Å². The first kappa shape index (κ1) is 24.5. The first-order valence-electron chi connectivity index (χ1n) is 10.3. The molecule has 2 aromatic rings. The van der Waals surface area contributed by atoms with Crippen LogP contribution in [0.1, 0.15) is 36.0 Å². The molecular formula is C22H19ClF3NO6S. The Kier molecular flexibility index (Phi) is 6.16. The number of carboxylic acids is 1. The maximum Gasteiger partial charge on any atom is 0.335 e. The number of aliphatic carboxylic acids is 1. The number of nitrogens with one attached hydrogen (secondary N) is 1. The molecule has 2 aliphatic rings. The second kappa shape index (κ2) is 8.54. The molecule has 34 heavy (non-hydrogen) atoms. The summed E-state index contributed by atoms with van der Waals surface area (Å²) in [6.07, 6.45) is 0.401. The van der Waals surface area contributed by atoms with Gasteiger partial charge >= 0.3 is 5.97 Å². The zero-order chi connectivity index (χ0) is 25.0. The third-order valence-corrected chi connectivity index (χ3v) is 9.41. The predicted molar refractivity (Wildman–Crippen MR) is 115 cm³/mol. The Morgan fingerprint density at radius 2 is 1.59 bits per heavy atom. The summed E-state index contributed by atoms with van der Waals surface area (Å²) in [4.78, 5) is 23.7. The highest BCUT2D eigenvalue weighted by Gasteiger charge is 2.57. The van der Waals surface area contributed by atoms with Crippen LogP contribution in [0, 0.1) is 29.3 Å². The van der Waals surface area contributed by atoms with Crippen LogP contribution in [0.2, 0.25) is 5.02 Å². The quantitative estimate of drug-likeness (QED) is 0.519. The summed E-state index contributed by atoms with van der Waals surface area (Å²) in [5.74, 6) is -8.24. The minimum atomic E-state index is -4.14. The topological polar surface area (TPSA) is 121 Å². The molecule has 0 radical (unpaired) electrons. The number of benzene rings is 2. The van der Waals surface area contributed by atoms with Crippen molar-refractivity contribution in [2.75, 3.05) is 5.32 Å². The normalized spacial score (nSPS) is 26.3. The molecule has 4 atom stereocenters. The zero-order valence-corrected chi connectivity index (χ0v) is 19.0. The number of hydrogen-bond donors (Lipinski definition) is 3. The molecule has 3 N–H and O–H groups in total. The highest BCUT2D eigenvalue weighted by molar-refractivity contribution is 7.92. The summed E-state index contributed by atoms with van der Waals surface area (Å²) in [5, 5.41) is 20.8. The Morgan fingerprint density at radius 1 is 1.03 bits per heavy atom. The van der Waals surface area contributed by atoms with Gasteiger partial charge in [0.1, 0.15) is 0 Å². The Balaban J connectivity index is 1.63. The summed E-state index contributed by atoms with van der Waals surface area (Å²) in [6, 6.07) is 4.58. The highest BCUT2D eigenvalue weighted by Crippen LogP contribution is 2.51. The number of aliphatic hydroxyl groups is 1. The van der Waals surface area contributed by atoms with E-state index in [4.69, 9.17) is 11.6 Å². The maximum absolute atomic E-state index is 13.5. The lowest BCUT2D eigenvalue weighted by Crippen LogP contribution is -2.50. The van der Waals surface area contributed by atoms with Crippen molar-refractivity contribution in [3.8, 4) is 0 Å². The monoisotopic (exact) mass is 517 g/mol. The predicted octanol–water partition coefficient (Wildman–Crippen LogP) is 3.79. The fourth-order valence-corrected chi connectivity index (χ4v) is 7.89. The smallest absolute Gasteiger partial charge is 0.335 e. The van der Waals surface area contributed by atoms with Crippen LogP contribution in [0.3, 0.4) is 0 Å². The average molecular weight is 518 g/mol. The molecule has 2 bridgehead atoms. The van der Waals surface area contributed by atoms with Gasteiger partial charge in [0, 0.05) is 23.4 Å². The van der Waals surface area contributed by atoms with E-state index >= 15 is 0 Å². The van der Waals surface area contributed by atoms with Gasteiger partial charge in [-0.15, -0.1) is 0 Å². The van der Waals surface area contributed by atoms with Crippen LogP contribution in [-0.2, 0) is 14.6 Å². The molecule has 0 aromatic heterocycles. The average Bonchev–Trinajstić information content (AvgIpc) is 3.05. The molecule has 2 aromatic carbocycles. The number of halogens is 4. The van der Waals surface area contributed by atoms with Gasteiger partial charge in [-0.2, -0.15) is 0 Å². The van der Waals surface area contributed by atoms with Gasteiger partial charge < -0.3 is 15.5 Å². The third kappa shape index (κ3) is 4.16. The minimum absolute atomic E-state index is 0.158. The minimum Gasteiger partial charge on any atom is -0.479 e. The summed E-state index contributed by atoms with van der Waals surface area (Å²) in [6.45, 7) is 0. The molecular weight excluding hydrogens is 499 g/mol. The molecule has 1 unspecified atom stereocenters. The van der Waals surface area contributed by atoms with E-state index in [0.29, 0.717) is 25.0 Å². The van der Waals surface area contributed by atoms with Crippen LogP contribution in [0.5, 0.6) is 0 Å². The van der Waals surface area contributed by atoms with Gasteiger partial charge in [-0.25, -0.2) is 26.4 Å². The first-order valence-corrected chi connectivity index (χ1v) is 12.2. The summed E-state index contributed by atoms with van der Waals surface area (Å²) >= 11 is 6.15. The lowest BCUT2D eigenvalue weighted by atomic mass is 9.77. The van der Waals surface area contributed by atoms with Crippen LogP contribution < -0.4 is 5.32 Å². The Hall–Kier alpha value is -2.63. The fraction of sp³-hybridized carbons (Fsp3) is 0.364. The van der Waals surface area contributed by atoms with E-state index in [-0.39, 0.29) is 34.0 Å². The van der Waals surface area contributed by atoms with Crippen molar-refractivity contribution in [2.24, 2.45) is 11.8 Å². The van der Waals surface area contributed by atoms with Crippen molar-refractivity contribution < 1.29 is 41.4 Å². The van der Waals surface area contributed by atoms with Crippen molar-refractivity contribution in [1.82, 2.24) is 0 Å². The van der Waals surface area contributed by atoms with Crippen LogP contribution in [0.4, 0.5) is 18.9 Å². The van der Waals surface area contributed by atoms with Gasteiger partial charge in [-0.3, -0.25) is 4.79 Å². The molecule has 2 saturated carbocycles. The molecule has 0 aliphatic heterocycles. The largest absolute Gasteiger partial charge is 0.479 e. The Morgan fingerprint density at radius 3 is 2.12 bits per heavy atom. The van der Waals surface area contributed by atoms with Crippen LogP contribution in [0.15, 0.2) is 35.2 Å². The summed E-state index contributed by atoms with van der Waals surface area (Å²) in [7, 11) is -4.14. The number of carboxylic acid groups (broad SMARTS) is 1. The molecule has 1 amide bonds. The third-order valence-electron chi connectivity index (χ3n) is 6.54. The van der Waals surface area contributed by atoms with E-state index in [9.17, 15) is 41.4 Å². The number of carbonyl (C=O) groups excluding carboxylic acids is 1. The van der Waals surface area contributed by atoms with E-state index < -0.39 is 61.9 Å². The number of amides is 1. The SMILES string of the molecule is O=C(Nc1cc(F)c(F)c(F)c1)c1ccc(Cl)c(S(=O)(=O)[C@H]2C3CC[C@H]2C[C@](O)(C(=O)O)C3)c1. The molecule has 2 fully saturated rings. The molecule has 0 heterocycles.